The molecule has 2 saturated carbocycles. The molecule has 0 saturated heterocycles. The summed E-state index contributed by atoms with van der Waals surface area (Å²) < 4.78 is 0. The lowest BCUT2D eigenvalue weighted by Crippen LogP contribution is -2.30. The van der Waals surface area contributed by atoms with Crippen molar-refractivity contribution in [1.29, 1.82) is 0 Å². The quantitative estimate of drug-likeness (QED) is 0.599. The summed E-state index contributed by atoms with van der Waals surface area (Å²) in [5.41, 5.74) is 5.92. The number of benzene rings is 1. The van der Waals surface area contributed by atoms with E-state index in [0.717, 1.165) is 16.9 Å². The van der Waals surface area contributed by atoms with Crippen LogP contribution in [0, 0.1) is 0 Å². The second-order valence-electron chi connectivity index (χ2n) is 6.61. The summed E-state index contributed by atoms with van der Waals surface area (Å²) in [5, 5.41) is 0.851. The molecule has 21 heavy (non-hydrogen) atoms. The van der Waals surface area contributed by atoms with Gasteiger partial charge in [0.25, 0.3) is 0 Å². The van der Waals surface area contributed by atoms with Crippen LogP contribution in [0.2, 0.25) is 0 Å². The van der Waals surface area contributed by atoms with Crippen LogP contribution in [0.3, 0.4) is 0 Å². The molecule has 2 aliphatic carbocycles. The van der Waals surface area contributed by atoms with Gasteiger partial charge in [-0.3, -0.25) is 11.3 Å². The maximum absolute atomic E-state index is 5.83. The van der Waals surface area contributed by atoms with Gasteiger partial charge in [-0.05, 0) is 42.7 Å². The molecule has 0 radical (unpaired) electrons. The minimum absolute atomic E-state index is 0.289. The van der Waals surface area contributed by atoms with E-state index in [1.54, 1.807) is 0 Å². The fourth-order valence-corrected chi connectivity index (χ4v) is 4.90. The molecule has 1 aromatic rings. The molecule has 3 heteroatoms. The van der Waals surface area contributed by atoms with Gasteiger partial charge in [0.05, 0.1) is 6.04 Å². The Morgan fingerprint density at radius 2 is 1.90 bits per heavy atom. The van der Waals surface area contributed by atoms with Gasteiger partial charge in [0.1, 0.15) is 0 Å². The molecule has 2 fully saturated rings. The van der Waals surface area contributed by atoms with Crippen LogP contribution < -0.4 is 11.3 Å². The Bertz CT molecular complexity index is 439. The normalized spacial score (nSPS) is 22.0. The van der Waals surface area contributed by atoms with Crippen LogP contribution in [0.5, 0.6) is 0 Å². The van der Waals surface area contributed by atoms with Gasteiger partial charge in [0.15, 0.2) is 0 Å². The summed E-state index contributed by atoms with van der Waals surface area (Å²) in [6.07, 6.45) is 11.2. The van der Waals surface area contributed by atoms with Gasteiger partial charge < -0.3 is 0 Å². The highest BCUT2D eigenvalue weighted by atomic mass is 32.2. The van der Waals surface area contributed by atoms with E-state index in [1.165, 1.54) is 62.5 Å². The van der Waals surface area contributed by atoms with Crippen molar-refractivity contribution in [3.05, 3.63) is 35.4 Å². The first-order valence-electron chi connectivity index (χ1n) is 8.54. The van der Waals surface area contributed by atoms with E-state index >= 15 is 0 Å². The Morgan fingerprint density at radius 1 is 1.10 bits per heavy atom. The minimum Gasteiger partial charge on any atom is -0.271 e. The van der Waals surface area contributed by atoms with Crippen molar-refractivity contribution < 1.29 is 0 Å². The third-order valence-corrected chi connectivity index (χ3v) is 6.61. The molecule has 0 heterocycles. The van der Waals surface area contributed by atoms with Crippen molar-refractivity contribution in [1.82, 2.24) is 5.43 Å². The predicted octanol–water partition coefficient (Wildman–Crippen LogP) is 4.52. The number of nitrogens with one attached hydrogen (secondary N) is 1. The summed E-state index contributed by atoms with van der Waals surface area (Å²) >= 11 is 2.12. The predicted molar refractivity (Wildman–Crippen MR) is 92.4 cm³/mol. The maximum atomic E-state index is 5.83. The van der Waals surface area contributed by atoms with Crippen LogP contribution in [0.1, 0.15) is 74.5 Å². The third kappa shape index (κ3) is 4.02. The molecule has 2 aliphatic rings. The fourth-order valence-electron chi connectivity index (χ4n) is 3.48. The SMILES string of the molecule is NNC(CSC1CCCCC1)c1cccc(C2CCC2)c1. The van der Waals surface area contributed by atoms with Crippen LogP contribution in [0.4, 0.5) is 0 Å². The van der Waals surface area contributed by atoms with Gasteiger partial charge in [-0.25, -0.2) is 0 Å². The lowest BCUT2D eigenvalue weighted by atomic mass is 9.79. The fraction of sp³-hybridized carbons (Fsp3) is 0.667. The minimum atomic E-state index is 0.289. The molecule has 1 atom stereocenters. The first-order valence-corrected chi connectivity index (χ1v) is 9.59. The van der Waals surface area contributed by atoms with Crippen molar-refractivity contribution in [2.45, 2.75) is 68.6 Å². The standard InChI is InChI=1S/C18H28N2S/c19-20-18(13-21-17-10-2-1-3-11-17)16-9-5-8-15(12-16)14-6-4-7-14/h5,8-9,12,14,17-18,20H,1-4,6-7,10-11,13,19H2. The average Bonchev–Trinajstić information content (AvgIpc) is 2.48. The van der Waals surface area contributed by atoms with Crippen molar-refractivity contribution in [2.24, 2.45) is 5.84 Å². The van der Waals surface area contributed by atoms with E-state index in [2.05, 4.69) is 41.5 Å². The lowest BCUT2D eigenvalue weighted by Gasteiger charge is -2.27. The molecule has 0 aliphatic heterocycles. The summed E-state index contributed by atoms with van der Waals surface area (Å²) in [6, 6.07) is 9.40. The molecule has 0 amide bonds. The van der Waals surface area contributed by atoms with Crippen molar-refractivity contribution in [3.63, 3.8) is 0 Å². The van der Waals surface area contributed by atoms with Crippen LogP contribution in [-0.4, -0.2) is 11.0 Å². The van der Waals surface area contributed by atoms with E-state index in [9.17, 15) is 0 Å². The van der Waals surface area contributed by atoms with Crippen LogP contribution in [0.25, 0.3) is 0 Å². The van der Waals surface area contributed by atoms with Gasteiger partial charge in [-0.2, -0.15) is 11.8 Å². The van der Waals surface area contributed by atoms with E-state index in [4.69, 9.17) is 5.84 Å². The smallest absolute Gasteiger partial charge is 0.0550 e. The van der Waals surface area contributed by atoms with E-state index in [0.29, 0.717) is 0 Å². The van der Waals surface area contributed by atoms with Gasteiger partial charge >= 0.3 is 0 Å². The molecule has 0 aromatic heterocycles. The molecule has 3 rings (SSSR count). The van der Waals surface area contributed by atoms with E-state index < -0.39 is 0 Å². The van der Waals surface area contributed by atoms with Crippen molar-refractivity contribution >= 4 is 11.8 Å². The summed E-state index contributed by atoms with van der Waals surface area (Å²) in [6.45, 7) is 0. The Balaban J connectivity index is 1.59. The molecule has 1 unspecified atom stereocenters. The first kappa shape index (κ1) is 15.4. The number of nitrogens with two attached hydrogens (primary N) is 1. The van der Waals surface area contributed by atoms with Gasteiger partial charge in [-0.15, -0.1) is 0 Å². The monoisotopic (exact) mass is 304 g/mol. The summed E-state index contributed by atoms with van der Waals surface area (Å²) in [7, 11) is 0. The molecule has 0 spiro atoms. The van der Waals surface area contributed by atoms with Crippen LogP contribution in [0.15, 0.2) is 24.3 Å². The van der Waals surface area contributed by atoms with Gasteiger partial charge in [0, 0.05) is 11.0 Å². The Labute approximate surface area is 133 Å². The molecule has 1 aromatic carbocycles. The van der Waals surface area contributed by atoms with Crippen LogP contribution >= 0.6 is 11.8 Å². The number of rotatable bonds is 6. The molecular weight excluding hydrogens is 276 g/mol. The Kier molecular flexibility index (Phi) is 5.61. The largest absolute Gasteiger partial charge is 0.271 e. The van der Waals surface area contributed by atoms with E-state index in [1.807, 2.05) is 0 Å². The number of hydrogen-bond donors (Lipinski definition) is 2. The summed E-state index contributed by atoms with van der Waals surface area (Å²) in [4.78, 5) is 0. The Hall–Kier alpha value is -0.510. The number of thioether (sulfide) groups is 1. The number of hydrogen-bond acceptors (Lipinski definition) is 3. The zero-order valence-corrected chi connectivity index (χ0v) is 13.7. The van der Waals surface area contributed by atoms with Crippen molar-refractivity contribution in [3.8, 4) is 0 Å². The average molecular weight is 305 g/mol. The van der Waals surface area contributed by atoms with E-state index in [-0.39, 0.29) is 6.04 Å². The van der Waals surface area contributed by atoms with Gasteiger partial charge in [0.2, 0.25) is 0 Å². The zero-order valence-electron chi connectivity index (χ0n) is 12.9. The molecular formula is C18H28N2S. The van der Waals surface area contributed by atoms with Crippen LogP contribution in [-0.2, 0) is 0 Å². The first-order chi connectivity index (χ1) is 10.4. The molecule has 2 nitrogen and oxygen atoms in total. The highest BCUT2D eigenvalue weighted by Crippen LogP contribution is 2.37. The second-order valence-corrected chi connectivity index (χ2v) is 7.94. The topological polar surface area (TPSA) is 38.0 Å². The molecule has 3 N–H and O–H groups in total. The highest BCUT2D eigenvalue weighted by Gasteiger charge is 2.21. The zero-order chi connectivity index (χ0) is 14.5. The van der Waals surface area contributed by atoms with Crippen molar-refractivity contribution in [2.75, 3.05) is 5.75 Å². The highest BCUT2D eigenvalue weighted by molar-refractivity contribution is 7.99. The lowest BCUT2D eigenvalue weighted by molar-refractivity contribution is 0.419. The van der Waals surface area contributed by atoms with Gasteiger partial charge in [-0.1, -0.05) is 49.9 Å². The third-order valence-electron chi connectivity index (χ3n) is 5.14. The molecule has 0 bridgehead atoms. The molecule has 116 valence electrons. The maximum Gasteiger partial charge on any atom is 0.0550 e. The second kappa shape index (κ2) is 7.66. The summed E-state index contributed by atoms with van der Waals surface area (Å²) in [5.74, 6) is 7.72. The number of hydrazine groups is 1. The Morgan fingerprint density at radius 3 is 2.57 bits per heavy atom.